The van der Waals surface area contributed by atoms with Gasteiger partial charge in [0.15, 0.2) is 6.61 Å². The van der Waals surface area contributed by atoms with Gasteiger partial charge in [-0.15, -0.1) is 0 Å². The van der Waals surface area contributed by atoms with Crippen molar-refractivity contribution >= 4 is 17.8 Å². The van der Waals surface area contributed by atoms with Crippen molar-refractivity contribution in [2.45, 2.75) is 38.6 Å². The Morgan fingerprint density at radius 3 is 2.32 bits per heavy atom. The number of para-hydroxylation sites is 1. The quantitative estimate of drug-likeness (QED) is 0.633. The number of esters is 1. The van der Waals surface area contributed by atoms with Gasteiger partial charge in [-0.25, -0.2) is 0 Å². The minimum absolute atomic E-state index is 0.133. The molecule has 2 aromatic rings. The van der Waals surface area contributed by atoms with E-state index in [4.69, 9.17) is 9.47 Å². The first-order valence-electron chi connectivity index (χ1n) is 10.6. The Balaban J connectivity index is 1.37. The second-order valence-electron chi connectivity index (χ2n) is 7.72. The summed E-state index contributed by atoms with van der Waals surface area (Å²) in [7, 11) is 0. The molecule has 2 amide bonds. The van der Waals surface area contributed by atoms with E-state index < -0.39 is 11.9 Å². The molecule has 0 saturated heterocycles. The van der Waals surface area contributed by atoms with E-state index in [1.165, 1.54) is 6.42 Å². The summed E-state index contributed by atoms with van der Waals surface area (Å²) in [5.74, 6) is 0.336. The first-order valence-corrected chi connectivity index (χ1v) is 10.6. The van der Waals surface area contributed by atoms with Gasteiger partial charge in [0, 0.05) is 11.6 Å². The summed E-state index contributed by atoms with van der Waals surface area (Å²) >= 11 is 0. The Morgan fingerprint density at radius 2 is 1.61 bits per heavy atom. The van der Waals surface area contributed by atoms with Crippen molar-refractivity contribution in [3.05, 3.63) is 60.2 Å². The van der Waals surface area contributed by atoms with Gasteiger partial charge in [0.1, 0.15) is 18.0 Å². The number of nitrogens with one attached hydrogen (secondary N) is 2. The van der Waals surface area contributed by atoms with E-state index in [0.717, 1.165) is 19.3 Å². The van der Waals surface area contributed by atoms with Crippen molar-refractivity contribution in [2.24, 2.45) is 5.92 Å². The summed E-state index contributed by atoms with van der Waals surface area (Å²) in [5.41, 5.74) is 0.386. The molecule has 0 aromatic heterocycles. The van der Waals surface area contributed by atoms with Crippen LogP contribution in [0.2, 0.25) is 0 Å². The predicted octanol–water partition coefficient (Wildman–Crippen LogP) is 3.45. The van der Waals surface area contributed by atoms with Crippen LogP contribution in [0.4, 0.5) is 0 Å². The fraction of sp³-hybridized carbons (Fsp3) is 0.375. The van der Waals surface area contributed by atoms with E-state index in [9.17, 15) is 14.4 Å². The summed E-state index contributed by atoms with van der Waals surface area (Å²) in [6.45, 7) is 1.46. The van der Waals surface area contributed by atoms with E-state index >= 15 is 0 Å². The van der Waals surface area contributed by atoms with Gasteiger partial charge in [0.25, 0.3) is 11.8 Å². The Labute approximate surface area is 182 Å². The fourth-order valence-electron chi connectivity index (χ4n) is 3.53. The molecule has 2 aromatic carbocycles. The number of hydrogen-bond donors (Lipinski definition) is 2. The van der Waals surface area contributed by atoms with Gasteiger partial charge in [-0.3, -0.25) is 14.4 Å². The summed E-state index contributed by atoms with van der Waals surface area (Å²) in [6, 6.07) is 16.0. The zero-order valence-electron chi connectivity index (χ0n) is 17.6. The lowest BCUT2D eigenvalue weighted by atomic mass is 9.86. The lowest BCUT2D eigenvalue weighted by Crippen LogP contribution is -2.43. The first-order chi connectivity index (χ1) is 15.0. The van der Waals surface area contributed by atoms with Crippen LogP contribution in [-0.2, 0) is 14.3 Å². The van der Waals surface area contributed by atoms with Gasteiger partial charge >= 0.3 is 5.97 Å². The number of ether oxygens (including phenoxy) is 2. The molecule has 31 heavy (non-hydrogen) atoms. The van der Waals surface area contributed by atoms with Crippen molar-refractivity contribution < 1.29 is 23.9 Å². The summed E-state index contributed by atoms with van der Waals surface area (Å²) in [6.07, 6.45) is 4.33. The van der Waals surface area contributed by atoms with Crippen LogP contribution in [0.5, 0.6) is 11.5 Å². The standard InChI is InChI=1S/C24H28N2O5/c1-17-7-5-6-10-21(17)26-22(27)16-30-23(28)15-25-24(29)18-11-13-20(14-12-18)31-19-8-3-2-4-9-19/h2-4,8-9,11-14,17,21H,5-7,10,15-16H2,1H3,(H,25,29)(H,26,27)/t17-,21+/m1/s1. The van der Waals surface area contributed by atoms with E-state index in [2.05, 4.69) is 17.6 Å². The van der Waals surface area contributed by atoms with Gasteiger partial charge in [-0.2, -0.15) is 0 Å². The number of carbonyl (C=O) groups excluding carboxylic acids is 3. The molecule has 1 aliphatic rings. The summed E-state index contributed by atoms with van der Waals surface area (Å²) in [4.78, 5) is 36.1. The van der Waals surface area contributed by atoms with Crippen LogP contribution in [0.25, 0.3) is 0 Å². The predicted molar refractivity (Wildman–Crippen MR) is 116 cm³/mol. The molecule has 1 saturated carbocycles. The number of amides is 2. The Hall–Kier alpha value is -3.35. The molecule has 0 radical (unpaired) electrons. The maximum atomic E-state index is 12.2. The van der Waals surface area contributed by atoms with Crippen molar-refractivity contribution in [2.75, 3.05) is 13.2 Å². The molecular weight excluding hydrogens is 396 g/mol. The number of hydrogen-bond acceptors (Lipinski definition) is 5. The van der Waals surface area contributed by atoms with Crippen LogP contribution in [0.1, 0.15) is 43.0 Å². The highest BCUT2D eigenvalue weighted by atomic mass is 16.5. The van der Waals surface area contributed by atoms with Crippen LogP contribution in [0.3, 0.4) is 0 Å². The van der Waals surface area contributed by atoms with Crippen molar-refractivity contribution in [3.8, 4) is 11.5 Å². The van der Waals surface area contributed by atoms with Crippen LogP contribution < -0.4 is 15.4 Å². The zero-order chi connectivity index (χ0) is 22.1. The minimum atomic E-state index is -0.663. The van der Waals surface area contributed by atoms with E-state index in [-0.39, 0.29) is 25.1 Å². The molecule has 0 aliphatic heterocycles. The average molecular weight is 424 g/mol. The molecule has 0 unspecified atom stereocenters. The molecule has 1 aliphatic carbocycles. The third-order valence-corrected chi connectivity index (χ3v) is 5.31. The lowest BCUT2D eigenvalue weighted by molar-refractivity contribution is -0.147. The van der Waals surface area contributed by atoms with E-state index in [1.807, 2.05) is 30.3 Å². The molecule has 0 spiro atoms. The van der Waals surface area contributed by atoms with Gasteiger partial charge in [-0.1, -0.05) is 38.0 Å². The minimum Gasteiger partial charge on any atom is -0.457 e. The zero-order valence-corrected chi connectivity index (χ0v) is 17.6. The number of benzene rings is 2. The van der Waals surface area contributed by atoms with Crippen LogP contribution >= 0.6 is 0 Å². The topological polar surface area (TPSA) is 93.7 Å². The third-order valence-electron chi connectivity index (χ3n) is 5.31. The highest BCUT2D eigenvalue weighted by molar-refractivity contribution is 5.96. The number of carbonyl (C=O) groups is 3. The number of rotatable bonds is 8. The molecular formula is C24H28N2O5. The molecule has 2 atom stereocenters. The highest BCUT2D eigenvalue weighted by Crippen LogP contribution is 2.23. The third kappa shape index (κ3) is 7.13. The van der Waals surface area contributed by atoms with E-state index in [1.54, 1.807) is 24.3 Å². The Kier molecular flexibility index (Phi) is 8.04. The summed E-state index contributed by atoms with van der Waals surface area (Å²) < 4.78 is 10.6. The maximum absolute atomic E-state index is 12.2. The maximum Gasteiger partial charge on any atom is 0.325 e. The molecule has 0 bridgehead atoms. The molecule has 164 valence electrons. The molecule has 1 fully saturated rings. The second-order valence-corrected chi connectivity index (χ2v) is 7.72. The van der Waals surface area contributed by atoms with Gasteiger partial charge in [0.05, 0.1) is 0 Å². The second kappa shape index (κ2) is 11.2. The van der Waals surface area contributed by atoms with Crippen molar-refractivity contribution in [3.63, 3.8) is 0 Å². The van der Waals surface area contributed by atoms with Crippen LogP contribution in [0.15, 0.2) is 54.6 Å². The smallest absolute Gasteiger partial charge is 0.325 e. The SMILES string of the molecule is C[C@@H]1CCCC[C@@H]1NC(=O)COC(=O)CNC(=O)c1ccc(Oc2ccccc2)cc1. The molecule has 2 N–H and O–H groups in total. The largest absolute Gasteiger partial charge is 0.457 e. The van der Waals surface area contributed by atoms with Crippen LogP contribution in [0, 0.1) is 5.92 Å². The lowest BCUT2D eigenvalue weighted by Gasteiger charge is -2.29. The molecule has 7 nitrogen and oxygen atoms in total. The van der Waals surface area contributed by atoms with Gasteiger partial charge in [0.2, 0.25) is 0 Å². The average Bonchev–Trinajstić information content (AvgIpc) is 2.79. The Morgan fingerprint density at radius 1 is 0.935 bits per heavy atom. The van der Waals surface area contributed by atoms with Gasteiger partial charge < -0.3 is 20.1 Å². The molecule has 3 rings (SSSR count). The summed E-state index contributed by atoms with van der Waals surface area (Å²) in [5, 5.41) is 5.42. The molecule has 7 heteroatoms. The normalized spacial score (nSPS) is 18.0. The van der Waals surface area contributed by atoms with Crippen molar-refractivity contribution in [1.82, 2.24) is 10.6 Å². The van der Waals surface area contributed by atoms with Crippen LogP contribution in [-0.4, -0.2) is 37.0 Å². The highest BCUT2D eigenvalue weighted by Gasteiger charge is 2.23. The fourth-order valence-corrected chi connectivity index (χ4v) is 3.53. The van der Waals surface area contributed by atoms with Crippen molar-refractivity contribution in [1.29, 1.82) is 0 Å². The van der Waals surface area contributed by atoms with Gasteiger partial charge in [-0.05, 0) is 55.2 Å². The van der Waals surface area contributed by atoms with E-state index in [0.29, 0.717) is 23.0 Å². The monoisotopic (exact) mass is 424 g/mol. The molecule has 0 heterocycles. The Bertz CT molecular complexity index is 883. The first kappa shape index (κ1) is 22.3.